The molecule has 0 aliphatic carbocycles. The van der Waals surface area contributed by atoms with Crippen molar-refractivity contribution in [3.8, 4) is 0 Å². The van der Waals surface area contributed by atoms with Crippen molar-refractivity contribution >= 4 is 5.69 Å². The van der Waals surface area contributed by atoms with Crippen LogP contribution >= 0.6 is 0 Å². The van der Waals surface area contributed by atoms with E-state index in [-0.39, 0.29) is 0 Å². The standard InChI is InChI=1S/C14H18N2/c1-11(2)13-3-5-14(6-4-13)16-10-12-7-8-15-9-12/h3-9,11,15-16H,10H2,1-2H3. The van der Waals surface area contributed by atoms with Gasteiger partial charge in [-0.1, -0.05) is 26.0 Å². The van der Waals surface area contributed by atoms with Crippen molar-refractivity contribution in [2.75, 3.05) is 5.32 Å². The summed E-state index contributed by atoms with van der Waals surface area (Å²) in [5.41, 5.74) is 3.82. The second kappa shape index (κ2) is 4.88. The monoisotopic (exact) mass is 214 g/mol. The summed E-state index contributed by atoms with van der Waals surface area (Å²) in [5.74, 6) is 0.596. The zero-order valence-electron chi connectivity index (χ0n) is 9.83. The van der Waals surface area contributed by atoms with Gasteiger partial charge in [0, 0.05) is 24.6 Å². The first-order chi connectivity index (χ1) is 7.75. The van der Waals surface area contributed by atoms with Gasteiger partial charge in [-0.15, -0.1) is 0 Å². The smallest absolute Gasteiger partial charge is 0.0415 e. The van der Waals surface area contributed by atoms with E-state index in [1.165, 1.54) is 16.8 Å². The Bertz CT molecular complexity index is 413. The zero-order valence-corrected chi connectivity index (χ0v) is 9.83. The Morgan fingerprint density at radius 1 is 1.12 bits per heavy atom. The van der Waals surface area contributed by atoms with E-state index in [1.807, 2.05) is 12.4 Å². The molecule has 0 saturated carbocycles. The molecule has 1 aromatic heterocycles. The van der Waals surface area contributed by atoms with Gasteiger partial charge >= 0.3 is 0 Å². The SMILES string of the molecule is CC(C)c1ccc(NCc2cc[nH]c2)cc1. The van der Waals surface area contributed by atoms with E-state index < -0.39 is 0 Å². The minimum Gasteiger partial charge on any atom is -0.381 e. The second-order valence-corrected chi connectivity index (χ2v) is 4.35. The van der Waals surface area contributed by atoms with Crippen molar-refractivity contribution in [3.63, 3.8) is 0 Å². The lowest BCUT2D eigenvalue weighted by molar-refractivity contribution is 0.867. The van der Waals surface area contributed by atoms with Crippen LogP contribution in [0.25, 0.3) is 0 Å². The summed E-state index contributed by atoms with van der Waals surface area (Å²) in [6.45, 7) is 5.29. The van der Waals surface area contributed by atoms with E-state index in [4.69, 9.17) is 0 Å². The van der Waals surface area contributed by atoms with E-state index in [1.54, 1.807) is 0 Å². The van der Waals surface area contributed by atoms with Crippen LogP contribution < -0.4 is 5.32 Å². The van der Waals surface area contributed by atoms with Gasteiger partial charge in [-0.3, -0.25) is 0 Å². The molecule has 2 N–H and O–H groups in total. The predicted octanol–water partition coefficient (Wildman–Crippen LogP) is 3.75. The molecule has 0 aliphatic heterocycles. The first-order valence-corrected chi connectivity index (χ1v) is 5.71. The molecule has 0 unspecified atom stereocenters. The minimum absolute atomic E-state index is 0.596. The predicted molar refractivity (Wildman–Crippen MR) is 68.7 cm³/mol. The van der Waals surface area contributed by atoms with Gasteiger partial charge in [0.2, 0.25) is 0 Å². The van der Waals surface area contributed by atoms with Gasteiger partial charge in [0.1, 0.15) is 0 Å². The Hall–Kier alpha value is -1.70. The highest BCUT2D eigenvalue weighted by Gasteiger charge is 1.98. The maximum absolute atomic E-state index is 3.39. The fraction of sp³-hybridized carbons (Fsp3) is 0.286. The molecular weight excluding hydrogens is 196 g/mol. The summed E-state index contributed by atoms with van der Waals surface area (Å²) < 4.78 is 0. The molecule has 0 radical (unpaired) electrons. The topological polar surface area (TPSA) is 27.8 Å². The van der Waals surface area contributed by atoms with E-state index in [0.717, 1.165) is 6.54 Å². The van der Waals surface area contributed by atoms with Crippen LogP contribution in [0.5, 0.6) is 0 Å². The molecule has 0 atom stereocenters. The van der Waals surface area contributed by atoms with Crippen molar-refractivity contribution in [2.45, 2.75) is 26.3 Å². The van der Waals surface area contributed by atoms with Crippen LogP contribution in [0.4, 0.5) is 5.69 Å². The Morgan fingerprint density at radius 2 is 1.88 bits per heavy atom. The second-order valence-electron chi connectivity index (χ2n) is 4.35. The summed E-state index contributed by atoms with van der Waals surface area (Å²) in [6.07, 6.45) is 3.95. The van der Waals surface area contributed by atoms with Gasteiger partial charge in [0.15, 0.2) is 0 Å². The molecule has 2 nitrogen and oxygen atoms in total. The normalized spacial score (nSPS) is 10.7. The molecule has 16 heavy (non-hydrogen) atoms. The lowest BCUT2D eigenvalue weighted by Gasteiger charge is -2.08. The number of nitrogens with one attached hydrogen (secondary N) is 2. The highest BCUT2D eigenvalue weighted by Crippen LogP contribution is 2.17. The Morgan fingerprint density at radius 3 is 2.44 bits per heavy atom. The number of aromatic nitrogens is 1. The third-order valence-corrected chi connectivity index (χ3v) is 2.74. The number of anilines is 1. The third kappa shape index (κ3) is 2.66. The fourth-order valence-electron chi connectivity index (χ4n) is 1.66. The van der Waals surface area contributed by atoms with Gasteiger partial charge in [-0.05, 0) is 35.2 Å². The molecule has 1 heterocycles. The fourth-order valence-corrected chi connectivity index (χ4v) is 1.66. The lowest BCUT2D eigenvalue weighted by Crippen LogP contribution is -1.98. The number of hydrogen-bond donors (Lipinski definition) is 2. The molecule has 0 saturated heterocycles. The summed E-state index contributed by atoms with van der Waals surface area (Å²) in [5, 5.41) is 3.39. The van der Waals surface area contributed by atoms with E-state index in [0.29, 0.717) is 5.92 Å². The minimum atomic E-state index is 0.596. The van der Waals surface area contributed by atoms with Crippen molar-refractivity contribution in [2.24, 2.45) is 0 Å². The molecule has 2 aromatic rings. The maximum atomic E-state index is 3.39. The molecule has 0 bridgehead atoms. The van der Waals surface area contributed by atoms with Gasteiger partial charge in [-0.2, -0.15) is 0 Å². The molecule has 1 aromatic carbocycles. The molecular formula is C14H18N2. The molecule has 0 aliphatic rings. The molecule has 2 heteroatoms. The van der Waals surface area contributed by atoms with Gasteiger partial charge in [-0.25, -0.2) is 0 Å². The zero-order chi connectivity index (χ0) is 11.4. The average Bonchev–Trinajstić information content (AvgIpc) is 2.80. The largest absolute Gasteiger partial charge is 0.381 e. The summed E-state index contributed by atoms with van der Waals surface area (Å²) in [6, 6.07) is 10.7. The molecule has 2 rings (SSSR count). The number of hydrogen-bond acceptors (Lipinski definition) is 1. The summed E-state index contributed by atoms with van der Waals surface area (Å²) >= 11 is 0. The van der Waals surface area contributed by atoms with Crippen LogP contribution in [-0.4, -0.2) is 4.98 Å². The van der Waals surface area contributed by atoms with Crippen LogP contribution in [0, 0.1) is 0 Å². The maximum Gasteiger partial charge on any atom is 0.0415 e. The average molecular weight is 214 g/mol. The number of rotatable bonds is 4. The van der Waals surface area contributed by atoms with Crippen LogP contribution in [0.3, 0.4) is 0 Å². The van der Waals surface area contributed by atoms with Gasteiger partial charge in [0.25, 0.3) is 0 Å². The first-order valence-electron chi connectivity index (χ1n) is 5.71. The summed E-state index contributed by atoms with van der Waals surface area (Å²) in [4.78, 5) is 3.05. The van der Waals surface area contributed by atoms with Gasteiger partial charge in [0.05, 0.1) is 0 Å². The Labute approximate surface area is 96.7 Å². The van der Waals surface area contributed by atoms with Crippen LogP contribution in [0.15, 0.2) is 42.7 Å². The lowest BCUT2D eigenvalue weighted by atomic mass is 10.0. The van der Waals surface area contributed by atoms with Crippen LogP contribution in [0.1, 0.15) is 30.9 Å². The number of benzene rings is 1. The van der Waals surface area contributed by atoms with Crippen LogP contribution in [-0.2, 0) is 6.54 Å². The van der Waals surface area contributed by atoms with E-state index >= 15 is 0 Å². The highest BCUT2D eigenvalue weighted by atomic mass is 14.9. The molecule has 0 spiro atoms. The van der Waals surface area contributed by atoms with E-state index in [2.05, 4.69) is 54.5 Å². The first kappa shape index (κ1) is 10.8. The van der Waals surface area contributed by atoms with Crippen molar-refractivity contribution in [1.82, 2.24) is 4.98 Å². The Kier molecular flexibility index (Phi) is 3.30. The quantitative estimate of drug-likeness (QED) is 0.797. The number of aromatic amines is 1. The third-order valence-electron chi connectivity index (χ3n) is 2.74. The van der Waals surface area contributed by atoms with E-state index in [9.17, 15) is 0 Å². The Balaban J connectivity index is 1.95. The van der Waals surface area contributed by atoms with Crippen molar-refractivity contribution < 1.29 is 0 Å². The van der Waals surface area contributed by atoms with Gasteiger partial charge < -0.3 is 10.3 Å². The summed E-state index contributed by atoms with van der Waals surface area (Å²) in [7, 11) is 0. The molecule has 0 amide bonds. The van der Waals surface area contributed by atoms with Crippen LogP contribution in [0.2, 0.25) is 0 Å². The number of H-pyrrole nitrogens is 1. The molecule has 84 valence electrons. The van der Waals surface area contributed by atoms with Crippen molar-refractivity contribution in [1.29, 1.82) is 0 Å². The molecule has 0 fully saturated rings. The van der Waals surface area contributed by atoms with Crippen molar-refractivity contribution in [3.05, 3.63) is 53.9 Å². The highest BCUT2D eigenvalue weighted by molar-refractivity contribution is 5.45.